The second-order valence-electron chi connectivity index (χ2n) is 20.0. The topological polar surface area (TPSA) is 205 Å². The van der Waals surface area contributed by atoms with Gasteiger partial charge in [0.05, 0.1) is 47.1 Å². The highest BCUT2D eigenvalue weighted by molar-refractivity contribution is 7.13. The van der Waals surface area contributed by atoms with Gasteiger partial charge in [0.1, 0.15) is 23.4 Å². The summed E-state index contributed by atoms with van der Waals surface area (Å²) in [4.78, 5) is 79.2. The van der Waals surface area contributed by atoms with Gasteiger partial charge >= 0.3 is 0 Å². The Kier molecular flexibility index (Phi) is 15.6. The smallest absolute Gasteiger partial charge is 0.251 e. The highest BCUT2D eigenvalue weighted by Gasteiger charge is 2.44. The predicted molar refractivity (Wildman–Crippen MR) is 267 cm³/mol. The lowest BCUT2D eigenvalue weighted by atomic mass is 9.76. The Morgan fingerprint density at radius 1 is 0.971 bits per heavy atom. The van der Waals surface area contributed by atoms with Crippen molar-refractivity contribution in [2.24, 2.45) is 11.3 Å². The lowest BCUT2D eigenvalue weighted by Gasteiger charge is -2.34. The first-order valence-corrected chi connectivity index (χ1v) is 25.4. The van der Waals surface area contributed by atoms with Crippen LogP contribution >= 0.6 is 11.3 Å². The number of aromatic nitrogens is 3. The molecule has 0 unspecified atom stereocenters. The molecule has 3 aliphatic rings. The van der Waals surface area contributed by atoms with E-state index < -0.39 is 23.5 Å². The van der Waals surface area contributed by atoms with E-state index >= 15 is 0 Å². The third-order valence-electron chi connectivity index (χ3n) is 14.0. The van der Waals surface area contributed by atoms with E-state index in [1.54, 1.807) is 23.5 Å². The third kappa shape index (κ3) is 11.7. The number of imidazole rings is 1. The zero-order valence-corrected chi connectivity index (χ0v) is 41.6. The van der Waals surface area contributed by atoms with Gasteiger partial charge in [-0.25, -0.2) is 9.97 Å². The second kappa shape index (κ2) is 21.8. The summed E-state index contributed by atoms with van der Waals surface area (Å²) in [6, 6.07) is 16.6. The molecule has 0 saturated carbocycles. The molecule has 4 atom stereocenters. The molecule has 4 amide bonds. The summed E-state index contributed by atoms with van der Waals surface area (Å²) in [5.41, 5.74) is 10.0. The van der Waals surface area contributed by atoms with Crippen LogP contribution in [0.5, 0.6) is 5.75 Å². The molecule has 0 spiro atoms. The Morgan fingerprint density at radius 3 is 2.49 bits per heavy atom. The Balaban J connectivity index is 0.781. The van der Waals surface area contributed by atoms with Gasteiger partial charge in [0.2, 0.25) is 17.7 Å². The number of ether oxygens (including phenoxy) is 1. The predicted octanol–water partition coefficient (Wildman–Crippen LogP) is 6.71. The zero-order valence-electron chi connectivity index (χ0n) is 40.8. The van der Waals surface area contributed by atoms with Gasteiger partial charge in [0.15, 0.2) is 0 Å². The number of nitrogens with one attached hydrogen (secondary N) is 3. The molecule has 370 valence electrons. The van der Waals surface area contributed by atoms with E-state index in [0.29, 0.717) is 23.3 Å². The largest absolute Gasteiger partial charge is 0.493 e. The number of fused-ring (bicyclic) bond motifs is 2. The first kappa shape index (κ1) is 50.2. The second-order valence-corrected chi connectivity index (χ2v) is 20.9. The Bertz CT molecular complexity index is 2720. The van der Waals surface area contributed by atoms with E-state index in [9.17, 15) is 34.2 Å². The zero-order chi connectivity index (χ0) is 49.7. The number of rotatable bonds is 19. The number of benzene rings is 3. The number of β-amino-alcohol motifs (C(OH)–C–C–N with tert-alkyl or cyclic N) is 1. The number of thiazole rings is 1. The van der Waals surface area contributed by atoms with Crippen LogP contribution in [0.3, 0.4) is 0 Å². The standard InChI is InChI=1S/C54H65N7O8S/c1-32-39(30-62)22-38(51(66)59-44-17-15-35-13-14-37(23-42(35)44)45-29-60-20-6-8-48(60)58-45)24-47(32)69-21-7-19-55-49(65)18-16-40(63)25-43(54(3,4)5)53(68)61-28-41(64)26-46(61)52(67)56-27-34-9-11-36(12-10-34)50-33(2)57-31-70-50/h9-14,22-24,29,31,41,43-44,46,62,64H,6-8,15-21,25-28,30H2,1-5H3,(H,55,65)(H,56,67)(H,59,66)/t41-,43-,44-,46+/m1/s1. The maximum atomic E-state index is 14.1. The average molecular weight is 972 g/mol. The van der Waals surface area contributed by atoms with Crippen molar-refractivity contribution in [3.05, 3.63) is 111 Å². The van der Waals surface area contributed by atoms with Crippen molar-refractivity contribution in [2.75, 3.05) is 19.7 Å². The number of ketones is 1. The van der Waals surface area contributed by atoms with Gasteiger partial charge in [-0.3, -0.25) is 24.0 Å². The molecular formula is C54H65N7O8S. The monoisotopic (exact) mass is 971 g/mol. The van der Waals surface area contributed by atoms with Crippen LogP contribution in [0.4, 0.5) is 0 Å². The first-order chi connectivity index (χ1) is 33.6. The molecule has 5 N–H and O–H groups in total. The van der Waals surface area contributed by atoms with Crippen molar-refractivity contribution in [1.82, 2.24) is 35.4 Å². The normalized spacial score (nSPS) is 17.8. The summed E-state index contributed by atoms with van der Waals surface area (Å²) < 4.78 is 8.32. The van der Waals surface area contributed by atoms with E-state index in [2.05, 4.69) is 49.9 Å². The molecule has 5 aromatic rings. The van der Waals surface area contributed by atoms with Crippen molar-refractivity contribution in [3.63, 3.8) is 0 Å². The Morgan fingerprint density at radius 2 is 1.76 bits per heavy atom. The molecule has 1 saturated heterocycles. The van der Waals surface area contributed by atoms with E-state index in [1.807, 2.05) is 64.4 Å². The van der Waals surface area contributed by atoms with Crippen LogP contribution in [-0.2, 0) is 51.7 Å². The molecule has 0 bridgehead atoms. The van der Waals surface area contributed by atoms with Crippen LogP contribution in [-0.4, -0.2) is 90.9 Å². The number of nitrogens with zero attached hydrogens (tertiary/aromatic N) is 4. The number of aryl methyl sites for hydroxylation is 4. The van der Waals surface area contributed by atoms with Gasteiger partial charge in [-0.05, 0) is 96.5 Å². The Labute approximate surface area is 413 Å². The number of Topliss-reactive ketones (excluding diaryl/α,β-unsaturated/α-hetero) is 1. The van der Waals surface area contributed by atoms with Gasteiger partial charge in [0.25, 0.3) is 5.91 Å². The van der Waals surface area contributed by atoms with Gasteiger partial charge in [-0.1, -0.05) is 57.2 Å². The van der Waals surface area contributed by atoms with Crippen LogP contribution in [0.1, 0.15) is 121 Å². The number of aliphatic hydroxyl groups is 2. The molecule has 2 aliphatic heterocycles. The number of hydrogen-bond donors (Lipinski definition) is 5. The van der Waals surface area contributed by atoms with E-state index in [1.165, 1.54) is 10.5 Å². The minimum atomic E-state index is -0.885. The van der Waals surface area contributed by atoms with E-state index in [0.717, 1.165) is 82.1 Å². The number of aliphatic hydroxyl groups excluding tert-OH is 2. The summed E-state index contributed by atoms with van der Waals surface area (Å²) in [6.45, 7) is 10.9. The summed E-state index contributed by atoms with van der Waals surface area (Å²) >= 11 is 1.57. The summed E-state index contributed by atoms with van der Waals surface area (Å²) in [5, 5.41) is 29.8. The minimum absolute atomic E-state index is 0.0123. The molecule has 15 nitrogen and oxygen atoms in total. The number of carbonyl (C=O) groups excluding carboxylic acids is 5. The maximum Gasteiger partial charge on any atom is 0.251 e. The molecule has 1 fully saturated rings. The number of likely N-dealkylation sites (tertiary alicyclic amines) is 1. The molecule has 4 heterocycles. The fraction of sp³-hybridized carbons (Fsp3) is 0.463. The SMILES string of the molecule is Cc1ncsc1-c1ccc(CNC(=O)[C@@H]2C[C@@H](O)CN2C(=O)[C@@H](CC(=O)CCC(=O)NCCCOc2cc(C(=O)N[C@@H]3CCc4ccc(-c5cn6c(n5)CCC6)cc43)cc(CO)c2C)C(C)(C)C)cc1. The first-order valence-electron chi connectivity index (χ1n) is 24.5. The molecule has 0 radical (unpaired) electrons. The average Bonchev–Trinajstić information content (AvgIpc) is 4.20. The van der Waals surface area contributed by atoms with Crippen LogP contribution in [0, 0.1) is 25.2 Å². The van der Waals surface area contributed by atoms with Gasteiger partial charge < -0.3 is 40.4 Å². The minimum Gasteiger partial charge on any atom is -0.493 e. The summed E-state index contributed by atoms with van der Waals surface area (Å²) in [6.07, 6.45) is 5.29. The van der Waals surface area contributed by atoms with E-state index in [4.69, 9.17) is 9.72 Å². The number of hydrogen-bond acceptors (Lipinski definition) is 11. The molecule has 8 rings (SSSR count). The third-order valence-corrected chi connectivity index (χ3v) is 15.0. The van der Waals surface area contributed by atoms with Crippen LogP contribution < -0.4 is 20.7 Å². The maximum absolute atomic E-state index is 14.1. The quantitative estimate of drug-likeness (QED) is 0.0554. The molecular weight excluding hydrogens is 907 g/mol. The molecule has 2 aromatic heterocycles. The fourth-order valence-corrected chi connectivity index (χ4v) is 10.6. The molecule has 1 aliphatic carbocycles. The van der Waals surface area contributed by atoms with Gasteiger partial charge in [-0.2, -0.15) is 0 Å². The lowest BCUT2D eigenvalue weighted by Crippen LogP contribution is -2.50. The van der Waals surface area contributed by atoms with E-state index in [-0.39, 0.29) is 94.0 Å². The summed E-state index contributed by atoms with van der Waals surface area (Å²) in [7, 11) is 0. The molecule has 16 heteroatoms. The fourth-order valence-electron chi connectivity index (χ4n) is 9.82. The van der Waals surface area contributed by atoms with Crippen molar-refractivity contribution in [1.29, 1.82) is 0 Å². The highest BCUT2D eigenvalue weighted by Crippen LogP contribution is 2.37. The van der Waals surface area contributed by atoms with Gasteiger partial charge in [0, 0.05) is 81.5 Å². The Hall–Kier alpha value is -6.23. The number of amides is 4. The van der Waals surface area contributed by atoms with Crippen LogP contribution in [0.25, 0.3) is 21.7 Å². The number of carbonyl (C=O) groups is 5. The molecule has 3 aromatic carbocycles. The van der Waals surface area contributed by atoms with Crippen molar-refractivity contribution in [3.8, 4) is 27.4 Å². The summed E-state index contributed by atoms with van der Waals surface area (Å²) in [5.74, 6) is -0.759. The lowest BCUT2D eigenvalue weighted by molar-refractivity contribution is -0.146. The highest BCUT2D eigenvalue weighted by atomic mass is 32.1. The van der Waals surface area contributed by atoms with Crippen molar-refractivity contribution >= 4 is 40.7 Å². The van der Waals surface area contributed by atoms with Crippen molar-refractivity contribution in [2.45, 2.75) is 130 Å². The molecule has 70 heavy (non-hydrogen) atoms. The van der Waals surface area contributed by atoms with Crippen LogP contribution in [0.15, 0.2) is 66.3 Å². The van der Waals surface area contributed by atoms with Crippen LogP contribution in [0.2, 0.25) is 0 Å². The van der Waals surface area contributed by atoms with Gasteiger partial charge in [-0.15, -0.1) is 11.3 Å². The van der Waals surface area contributed by atoms with Crippen molar-refractivity contribution < 1.29 is 38.9 Å².